The molecule has 0 fully saturated rings. The second kappa shape index (κ2) is 3.84. The van der Waals surface area contributed by atoms with Gasteiger partial charge in [0.25, 0.3) is 0 Å². The normalized spacial score (nSPS) is 12.5. The van der Waals surface area contributed by atoms with Crippen LogP contribution in [0.25, 0.3) is 0 Å². The zero-order valence-corrected chi connectivity index (χ0v) is 8.16. The molecule has 0 aliphatic rings. The molecule has 64 valence electrons. The van der Waals surface area contributed by atoms with Crippen molar-refractivity contribution in [1.82, 2.24) is 0 Å². The van der Waals surface area contributed by atoms with Gasteiger partial charge in [-0.05, 0) is 17.7 Å². The van der Waals surface area contributed by atoms with E-state index in [9.17, 15) is 9.18 Å². The smallest absolute Gasteiger partial charge is 0.321 e. The van der Waals surface area contributed by atoms with Crippen molar-refractivity contribution in [2.45, 2.75) is 3.92 Å². The minimum atomic E-state index is -0.957. The minimum absolute atomic E-state index is 0.407. The van der Waals surface area contributed by atoms with Crippen LogP contribution in [0.4, 0.5) is 4.39 Å². The molecule has 0 saturated carbocycles. The molecular formula is C8H6FIO2. The van der Waals surface area contributed by atoms with E-state index >= 15 is 0 Å². The molecule has 2 nitrogen and oxygen atoms in total. The fourth-order valence-corrected chi connectivity index (χ4v) is 1.19. The summed E-state index contributed by atoms with van der Waals surface area (Å²) in [6, 6.07) is 5.60. The van der Waals surface area contributed by atoms with E-state index < -0.39 is 15.7 Å². The highest BCUT2D eigenvalue weighted by Gasteiger charge is 2.15. The average Bonchev–Trinajstić information content (AvgIpc) is 2.03. The third-order valence-electron chi connectivity index (χ3n) is 1.36. The van der Waals surface area contributed by atoms with Gasteiger partial charge >= 0.3 is 5.97 Å². The molecule has 0 bridgehead atoms. The molecule has 0 heterocycles. The monoisotopic (exact) mass is 280 g/mol. The zero-order valence-electron chi connectivity index (χ0n) is 6.00. The number of benzene rings is 1. The maximum absolute atomic E-state index is 12.6. The van der Waals surface area contributed by atoms with E-state index in [1.54, 1.807) is 28.7 Å². The summed E-state index contributed by atoms with van der Waals surface area (Å²) >= 11 is 1.75. The highest BCUT2D eigenvalue weighted by molar-refractivity contribution is 14.1. The Morgan fingerprint density at radius 3 is 2.75 bits per heavy atom. The van der Waals surface area contributed by atoms with E-state index in [0.29, 0.717) is 5.56 Å². The van der Waals surface area contributed by atoms with Crippen LogP contribution in [0.1, 0.15) is 9.49 Å². The molecule has 0 saturated heterocycles. The lowest BCUT2D eigenvalue weighted by molar-refractivity contribution is -0.136. The lowest BCUT2D eigenvalue weighted by Gasteiger charge is -2.03. The van der Waals surface area contributed by atoms with Gasteiger partial charge in [-0.1, -0.05) is 34.7 Å². The van der Waals surface area contributed by atoms with E-state index in [0.717, 1.165) is 0 Å². The number of alkyl halides is 1. The maximum Gasteiger partial charge on any atom is 0.321 e. The molecule has 0 amide bonds. The molecule has 4 heteroatoms. The average molecular weight is 280 g/mol. The standard InChI is InChI=1S/C8H6FIO2/c9-6-3-1-2-5(4-6)7(10)8(11)12/h1-4,7H,(H,11,12). The minimum Gasteiger partial charge on any atom is -0.480 e. The number of halogens is 2. The SMILES string of the molecule is O=C(O)C(I)c1cccc(F)c1. The van der Waals surface area contributed by atoms with Gasteiger partial charge in [-0.15, -0.1) is 0 Å². The Morgan fingerprint density at radius 1 is 1.58 bits per heavy atom. The van der Waals surface area contributed by atoms with E-state index in [2.05, 4.69) is 0 Å². The number of carboxylic acid groups (broad SMARTS) is 1. The van der Waals surface area contributed by atoms with Crippen LogP contribution in [0, 0.1) is 5.82 Å². The predicted molar refractivity (Wildman–Crippen MR) is 50.8 cm³/mol. The Labute approximate surface area is 82.5 Å². The molecule has 12 heavy (non-hydrogen) atoms. The Morgan fingerprint density at radius 2 is 2.25 bits per heavy atom. The molecular weight excluding hydrogens is 274 g/mol. The summed E-state index contributed by atoms with van der Waals surface area (Å²) in [5, 5.41) is 8.60. The van der Waals surface area contributed by atoms with Gasteiger partial charge in [0, 0.05) is 0 Å². The zero-order chi connectivity index (χ0) is 9.14. The van der Waals surface area contributed by atoms with Crippen molar-refractivity contribution in [3.05, 3.63) is 35.6 Å². The molecule has 0 spiro atoms. The maximum atomic E-state index is 12.6. The number of carboxylic acids is 1. The first-order valence-corrected chi connectivity index (χ1v) is 4.48. The van der Waals surface area contributed by atoms with Gasteiger partial charge in [0.1, 0.15) is 9.74 Å². The third kappa shape index (κ3) is 2.17. The van der Waals surface area contributed by atoms with Crippen molar-refractivity contribution in [3.8, 4) is 0 Å². The molecule has 1 unspecified atom stereocenters. The summed E-state index contributed by atoms with van der Waals surface area (Å²) in [4.78, 5) is 10.5. The van der Waals surface area contributed by atoms with Crippen LogP contribution in [0.3, 0.4) is 0 Å². The van der Waals surface area contributed by atoms with Crippen molar-refractivity contribution in [2.75, 3.05) is 0 Å². The van der Waals surface area contributed by atoms with Gasteiger partial charge in [-0.25, -0.2) is 4.39 Å². The van der Waals surface area contributed by atoms with Gasteiger partial charge in [-0.3, -0.25) is 4.79 Å². The van der Waals surface area contributed by atoms with Gasteiger partial charge in [-0.2, -0.15) is 0 Å². The van der Waals surface area contributed by atoms with Crippen LogP contribution in [0.15, 0.2) is 24.3 Å². The Balaban J connectivity index is 2.95. The van der Waals surface area contributed by atoms with E-state index in [4.69, 9.17) is 5.11 Å². The highest BCUT2D eigenvalue weighted by atomic mass is 127. The van der Waals surface area contributed by atoms with E-state index in [1.807, 2.05) is 0 Å². The molecule has 0 aromatic heterocycles. The van der Waals surface area contributed by atoms with Crippen molar-refractivity contribution < 1.29 is 14.3 Å². The fourth-order valence-electron chi connectivity index (χ4n) is 0.807. The first kappa shape index (κ1) is 9.44. The Hall–Kier alpha value is -0.650. The first-order valence-electron chi connectivity index (χ1n) is 3.23. The molecule has 0 aliphatic carbocycles. The number of carbonyl (C=O) groups is 1. The lowest BCUT2D eigenvalue weighted by atomic mass is 10.1. The summed E-state index contributed by atoms with van der Waals surface area (Å²) in [6.45, 7) is 0. The largest absolute Gasteiger partial charge is 0.480 e. The first-order chi connectivity index (χ1) is 5.61. The topological polar surface area (TPSA) is 37.3 Å². The Bertz CT molecular complexity index is 301. The highest BCUT2D eigenvalue weighted by Crippen LogP contribution is 2.23. The summed E-state index contributed by atoms with van der Waals surface area (Å²) in [5.41, 5.74) is 0.475. The van der Waals surface area contributed by atoms with Crippen LogP contribution in [-0.2, 0) is 4.79 Å². The Kier molecular flexibility index (Phi) is 3.02. The predicted octanol–water partition coefficient (Wildman–Crippen LogP) is 2.39. The number of hydrogen-bond donors (Lipinski definition) is 1. The molecule has 1 aromatic carbocycles. The summed E-state index contributed by atoms with van der Waals surface area (Å²) in [5.74, 6) is -1.36. The third-order valence-corrected chi connectivity index (χ3v) is 2.61. The summed E-state index contributed by atoms with van der Waals surface area (Å²) < 4.78 is 11.9. The van der Waals surface area contributed by atoms with E-state index in [-0.39, 0.29) is 0 Å². The van der Waals surface area contributed by atoms with Crippen molar-refractivity contribution >= 4 is 28.6 Å². The molecule has 0 radical (unpaired) electrons. The van der Waals surface area contributed by atoms with Gasteiger partial charge in [0.2, 0.25) is 0 Å². The number of rotatable bonds is 2. The quantitative estimate of drug-likeness (QED) is 0.667. The van der Waals surface area contributed by atoms with Crippen molar-refractivity contribution in [3.63, 3.8) is 0 Å². The van der Waals surface area contributed by atoms with Crippen LogP contribution in [-0.4, -0.2) is 11.1 Å². The fraction of sp³-hybridized carbons (Fsp3) is 0.125. The van der Waals surface area contributed by atoms with Gasteiger partial charge in [0.05, 0.1) is 0 Å². The summed E-state index contributed by atoms with van der Waals surface area (Å²) in [6.07, 6.45) is 0. The second-order valence-corrected chi connectivity index (χ2v) is 3.50. The molecule has 1 rings (SSSR count). The van der Waals surface area contributed by atoms with Crippen molar-refractivity contribution in [2.24, 2.45) is 0 Å². The summed E-state index contributed by atoms with van der Waals surface area (Å²) in [7, 11) is 0. The second-order valence-electron chi connectivity index (χ2n) is 2.26. The number of aliphatic carboxylic acids is 1. The lowest BCUT2D eigenvalue weighted by Crippen LogP contribution is -2.04. The molecule has 1 N–H and O–H groups in total. The van der Waals surface area contributed by atoms with Crippen LogP contribution >= 0.6 is 22.6 Å². The van der Waals surface area contributed by atoms with Gasteiger partial charge in [0.15, 0.2) is 0 Å². The number of hydrogen-bond acceptors (Lipinski definition) is 1. The molecule has 1 aromatic rings. The van der Waals surface area contributed by atoms with E-state index in [1.165, 1.54) is 18.2 Å². The van der Waals surface area contributed by atoms with Crippen LogP contribution in [0.5, 0.6) is 0 Å². The molecule has 1 atom stereocenters. The van der Waals surface area contributed by atoms with Crippen LogP contribution in [0.2, 0.25) is 0 Å². The van der Waals surface area contributed by atoms with Gasteiger partial charge < -0.3 is 5.11 Å². The van der Waals surface area contributed by atoms with Crippen molar-refractivity contribution in [1.29, 1.82) is 0 Å². The molecule has 0 aliphatic heterocycles. The van der Waals surface area contributed by atoms with Crippen LogP contribution < -0.4 is 0 Å².